The van der Waals surface area contributed by atoms with Gasteiger partial charge in [-0.2, -0.15) is 0 Å². The smallest absolute Gasteiger partial charge is 0.277 e. The molecular weight excluding hydrogens is 493 g/mol. The average Bonchev–Trinajstić information content (AvgIpc) is 3.13. The fraction of sp³-hybridized carbons (Fsp3) is 0.850. The molecule has 0 radical (unpaired) electrons. The second kappa shape index (κ2) is 19.0. The van der Waals surface area contributed by atoms with E-state index in [1.54, 1.807) is 4.90 Å². The van der Waals surface area contributed by atoms with Gasteiger partial charge in [0.1, 0.15) is 25.7 Å². The first-order valence-electron chi connectivity index (χ1n) is 11.3. The van der Waals surface area contributed by atoms with E-state index in [9.17, 15) is 14.4 Å². The highest BCUT2D eigenvalue weighted by atomic mass is 35.5. The number of nitrogens with one attached hydrogen (secondary N) is 4. The summed E-state index contributed by atoms with van der Waals surface area (Å²) in [6.45, 7) is 6.62. The Morgan fingerprint density at radius 2 is 1.62 bits per heavy atom. The van der Waals surface area contributed by atoms with Gasteiger partial charge in [0.2, 0.25) is 5.91 Å². The molecule has 2 aliphatic heterocycles. The molecule has 2 fully saturated rings. The van der Waals surface area contributed by atoms with Gasteiger partial charge in [-0.3, -0.25) is 19.2 Å². The van der Waals surface area contributed by atoms with Crippen LogP contribution in [-0.2, 0) is 33.4 Å². The highest BCUT2D eigenvalue weighted by Crippen LogP contribution is 1.95. The van der Waals surface area contributed by atoms with Crippen LogP contribution in [0.1, 0.15) is 6.42 Å². The van der Waals surface area contributed by atoms with Crippen molar-refractivity contribution in [3.63, 3.8) is 0 Å². The zero-order valence-corrected chi connectivity index (χ0v) is 21.5. The Hall–Kier alpha value is -1.25. The summed E-state index contributed by atoms with van der Waals surface area (Å²) in [6.07, 6.45) is 0.289. The molecular formula is C20H39Cl2N5O7. The SMILES string of the molecule is C[NH+](C)CC(=O)N1CCOCCOCC[NH+](CCC(=O)NC2CONC2=O)CCOCC1.[Cl-].[Cl-]. The molecule has 0 aromatic carbocycles. The fourth-order valence-corrected chi connectivity index (χ4v) is 3.36. The molecule has 0 aliphatic carbocycles. The van der Waals surface area contributed by atoms with Crippen molar-refractivity contribution in [1.82, 2.24) is 15.7 Å². The molecule has 2 saturated heterocycles. The monoisotopic (exact) mass is 531 g/mol. The molecule has 12 nitrogen and oxygen atoms in total. The number of carbonyl (C=O) groups excluding carboxylic acids is 3. The van der Waals surface area contributed by atoms with Crippen molar-refractivity contribution in [2.45, 2.75) is 12.5 Å². The third-order valence-electron chi connectivity index (χ3n) is 5.22. The van der Waals surface area contributed by atoms with E-state index in [2.05, 4.69) is 10.8 Å². The van der Waals surface area contributed by atoms with Crippen LogP contribution in [0.2, 0.25) is 0 Å². The van der Waals surface area contributed by atoms with E-state index in [1.807, 2.05) is 14.1 Å². The minimum absolute atomic E-state index is 0. The molecule has 2 atom stereocenters. The second-order valence-electron chi connectivity index (χ2n) is 8.25. The summed E-state index contributed by atoms with van der Waals surface area (Å²) >= 11 is 0. The molecule has 0 saturated carbocycles. The lowest BCUT2D eigenvalue weighted by Crippen LogP contribution is -3.13. The van der Waals surface area contributed by atoms with Crippen molar-refractivity contribution in [3.05, 3.63) is 0 Å². The van der Waals surface area contributed by atoms with Crippen LogP contribution in [-0.4, -0.2) is 128 Å². The molecule has 0 aromatic rings. The zero-order chi connectivity index (χ0) is 23.2. The summed E-state index contributed by atoms with van der Waals surface area (Å²) in [6, 6.07) is -0.633. The maximum Gasteiger partial charge on any atom is 0.277 e. The van der Waals surface area contributed by atoms with Gasteiger partial charge in [0.25, 0.3) is 11.8 Å². The van der Waals surface area contributed by atoms with Gasteiger partial charge in [-0.25, -0.2) is 5.48 Å². The molecule has 2 unspecified atom stereocenters. The number of carbonyl (C=O) groups is 3. The lowest BCUT2D eigenvalue weighted by Gasteiger charge is -2.23. The first kappa shape index (κ1) is 32.8. The third kappa shape index (κ3) is 13.6. The molecule has 0 bridgehead atoms. The van der Waals surface area contributed by atoms with Crippen LogP contribution >= 0.6 is 0 Å². The lowest BCUT2D eigenvalue weighted by atomic mass is 10.2. The molecule has 4 N–H and O–H groups in total. The van der Waals surface area contributed by atoms with Crippen LogP contribution in [0, 0.1) is 0 Å². The molecule has 200 valence electrons. The predicted molar refractivity (Wildman–Crippen MR) is 113 cm³/mol. The molecule has 34 heavy (non-hydrogen) atoms. The molecule has 2 heterocycles. The van der Waals surface area contributed by atoms with E-state index >= 15 is 0 Å². The van der Waals surface area contributed by atoms with Crippen molar-refractivity contribution in [2.24, 2.45) is 0 Å². The standard InChI is InChI=1S/C20H37N5O7.2ClH/c1-23(2)15-19(27)25-7-11-29-9-5-24(6-10-30-13-14-31-12-8-25)4-3-18(26)21-17-16-32-22-20(17)28;;/h17H,3-16H2,1-2H3,(H,21,26)(H,22,28);2*1H. The van der Waals surface area contributed by atoms with Gasteiger partial charge in [-0.15, -0.1) is 0 Å². The van der Waals surface area contributed by atoms with Crippen LogP contribution in [0.15, 0.2) is 0 Å². The van der Waals surface area contributed by atoms with Crippen molar-refractivity contribution in [3.8, 4) is 0 Å². The van der Waals surface area contributed by atoms with Crippen LogP contribution in [0.25, 0.3) is 0 Å². The van der Waals surface area contributed by atoms with Crippen LogP contribution in [0.3, 0.4) is 0 Å². The molecule has 14 heteroatoms. The number of hydroxylamine groups is 1. The molecule has 2 rings (SSSR count). The Kier molecular flexibility index (Phi) is 18.3. The van der Waals surface area contributed by atoms with E-state index in [1.165, 1.54) is 4.90 Å². The Labute approximate surface area is 213 Å². The van der Waals surface area contributed by atoms with E-state index in [-0.39, 0.29) is 55.6 Å². The number of rotatable bonds is 6. The first-order chi connectivity index (χ1) is 15.5. The average molecular weight is 532 g/mol. The molecule has 3 amide bonds. The number of likely N-dealkylation sites (N-methyl/N-ethyl adjacent to an activating group) is 1. The van der Waals surface area contributed by atoms with Crippen LogP contribution in [0.4, 0.5) is 0 Å². The van der Waals surface area contributed by atoms with Gasteiger partial charge in [0.15, 0.2) is 6.54 Å². The topological polar surface area (TPSA) is 124 Å². The van der Waals surface area contributed by atoms with Crippen molar-refractivity contribution < 1.29 is 68.0 Å². The predicted octanol–water partition coefficient (Wildman–Crippen LogP) is -11.1. The first-order valence-corrected chi connectivity index (χ1v) is 11.3. The third-order valence-corrected chi connectivity index (χ3v) is 5.22. The number of halogens is 2. The second-order valence-corrected chi connectivity index (χ2v) is 8.25. The molecule has 0 spiro atoms. The summed E-state index contributed by atoms with van der Waals surface area (Å²) < 4.78 is 17.0. The Morgan fingerprint density at radius 3 is 2.18 bits per heavy atom. The van der Waals surface area contributed by atoms with E-state index < -0.39 is 6.04 Å². The van der Waals surface area contributed by atoms with E-state index in [0.29, 0.717) is 65.8 Å². The molecule has 0 aromatic heterocycles. The maximum atomic E-state index is 12.4. The lowest BCUT2D eigenvalue weighted by molar-refractivity contribution is -0.900. The normalized spacial score (nSPS) is 23.0. The van der Waals surface area contributed by atoms with Gasteiger partial charge in [-0.05, 0) is 0 Å². The van der Waals surface area contributed by atoms with Gasteiger partial charge < -0.3 is 59.0 Å². The quantitative estimate of drug-likeness (QED) is 0.268. The highest BCUT2D eigenvalue weighted by Gasteiger charge is 2.27. The van der Waals surface area contributed by atoms with Crippen LogP contribution in [0.5, 0.6) is 0 Å². The summed E-state index contributed by atoms with van der Waals surface area (Å²) in [5.74, 6) is -0.438. The summed E-state index contributed by atoms with van der Waals surface area (Å²) in [5.41, 5.74) is 2.22. The van der Waals surface area contributed by atoms with Crippen molar-refractivity contribution in [2.75, 3.05) is 99.6 Å². The number of nitrogens with zero attached hydrogens (tertiary/aromatic N) is 1. The van der Waals surface area contributed by atoms with Crippen molar-refractivity contribution in [1.29, 1.82) is 0 Å². The maximum absolute atomic E-state index is 12.4. The minimum Gasteiger partial charge on any atom is -1.00 e. The van der Waals surface area contributed by atoms with Gasteiger partial charge in [0, 0.05) is 13.1 Å². The van der Waals surface area contributed by atoms with Crippen LogP contribution < -0.4 is 45.4 Å². The largest absolute Gasteiger partial charge is 1.00 e. The van der Waals surface area contributed by atoms with E-state index in [4.69, 9.17) is 19.0 Å². The molecule has 2 aliphatic rings. The highest BCUT2D eigenvalue weighted by molar-refractivity contribution is 5.88. The Bertz CT molecular complexity index is 604. The Balaban J connectivity index is 0.00000544. The Morgan fingerprint density at radius 1 is 1.03 bits per heavy atom. The summed E-state index contributed by atoms with van der Waals surface area (Å²) in [4.78, 5) is 45.0. The van der Waals surface area contributed by atoms with Gasteiger partial charge in [0.05, 0.1) is 66.7 Å². The summed E-state index contributed by atoms with van der Waals surface area (Å²) in [7, 11) is 3.90. The number of ether oxygens (including phenoxy) is 3. The minimum atomic E-state index is -0.633. The van der Waals surface area contributed by atoms with Gasteiger partial charge in [-0.1, -0.05) is 0 Å². The number of hydrogen-bond acceptors (Lipinski definition) is 7. The summed E-state index contributed by atoms with van der Waals surface area (Å²) in [5, 5.41) is 2.68. The van der Waals surface area contributed by atoms with E-state index in [0.717, 1.165) is 18.0 Å². The van der Waals surface area contributed by atoms with Crippen molar-refractivity contribution >= 4 is 17.7 Å². The number of quaternary nitrogens is 2. The fourth-order valence-electron chi connectivity index (χ4n) is 3.36. The zero-order valence-electron chi connectivity index (χ0n) is 20.0. The van der Waals surface area contributed by atoms with Gasteiger partial charge >= 0.3 is 0 Å². The number of amides is 3. The number of hydrogen-bond donors (Lipinski definition) is 4.